The fourth-order valence-corrected chi connectivity index (χ4v) is 4.90. The number of nitrogens with one attached hydrogen (secondary N) is 1. The van der Waals surface area contributed by atoms with Crippen molar-refractivity contribution in [2.45, 2.75) is 24.7 Å². The molecule has 3 aromatic rings. The van der Waals surface area contributed by atoms with Crippen molar-refractivity contribution in [3.05, 3.63) is 30.6 Å². The smallest absolute Gasteiger partial charge is 0.260 e. The van der Waals surface area contributed by atoms with Crippen molar-refractivity contribution in [2.24, 2.45) is 0 Å². The highest BCUT2D eigenvalue weighted by Gasteiger charge is 2.40. The van der Waals surface area contributed by atoms with Crippen molar-refractivity contribution in [1.29, 1.82) is 0 Å². The van der Waals surface area contributed by atoms with Gasteiger partial charge in [-0.25, -0.2) is 4.52 Å². The van der Waals surface area contributed by atoms with Crippen molar-refractivity contribution in [3.8, 4) is 28.5 Å². The van der Waals surface area contributed by atoms with Crippen LogP contribution < -0.4 is 19.5 Å². The van der Waals surface area contributed by atoms with E-state index < -0.39 is 6.10 Å². The lowest BCUT2D eigenvalue weighted by Gasteiger charge is -2.28. The largest absolute Gasteiger partial charge is 0.497 e. The van der Waals surface area contributed by atoms with Gasteiger partial charge in [0.05, 0.1) is 52.0 Å². The second kappa shape index (κ2) is 10.6. The third kappa shape index (κ3) is 4.82. The predicted octanol–water partition coefficient (Wildman–Crippen LogP) is 1.62. The minimum Gasteiger partial charge on any atom is -0.497 e. The lowest BCUT2D eigenvalue weighted by Crippen LogP contribution is -2.41. The summed E-state index contributed by atoms with van der Waals surface area (Å²) in [6.07, 6.45) is 3.44. The number of benzene rings is 1. The van der Waals surface area contributed by atoms with Crippen molar-refractivity contribution < 1.29 is 33.2 Å². The first-order valence-electron chi connectivity index (χ1n) is 12.7. The molecule has 0 radical (unpaired) electrons. The summed E-state index contributed by atoms with van der Waals surface area (Å²) in [5, 5.41) is 7.96. The quantitative estimate of drug-likeness (QED) is 0.456. The Kier molecular flexibility index (Phi) is 6.92. The van der Waals surface area contributed by atoms with E-state index in [1.165, 1.54) is 0 Å². The van der Waals surface area contributed by atoms with Gasteiger partial charge in [0, 0.05) is 43.9 Å². The first-order valence-corrected chi connectivity index (χ1v) is 12.7. The van der Waals surface area contributed by atoms with Crippen molar-refractivity contribution >= 4 is 17.2 Å². The molecule has 0 saturated carbocycles. The van der Waals surface area contributed by atoms with Crippen molar-refractivity contribution in [1.82, 2.24) is 19.5 Å². The summed E-state index contributed by atoms with van der Waals surface area (Å²) < 4.78 is 35.9. The topological polar surface area (TPSA) is 118 Å². The standard InChI is InChI=1S/C26H31N5O7/c1-33-5-6-36-22-10-18-13-37-25-23(38-20-14-35-15-20)12-31-24(29-25)21(11-28-31)16-7-17(9-19(8-16)34-2)27-3-4-30(18)26(22)32/h7-9,11-12,18,20,22,27H,3-6,10,13-15H2,1-2H3/t18-,22+/m0/s1. The fraction of sp³-hybridized carbons (Fsp3) is 0.500. The Bertz CT molecular complexity index is 1310. The van der Waals surface area contributed by atoms with Gasteiger partial charge in [-0.1, -0.05) is 0 Å². The highest BCUT2D eigenvalue weighted by atomic mass is 16.6. The van der Waals surface area contributed by atoms with Crippen LogP contribution in [0.5, 0.6) is 17.4 Å². The predicted molar refractivity (Wildman–Crippen MR) is 136 cm³/mol. The number of nitrogens with zero attached hydrogens (tertiary/aromatic N) is 4. The number of anilines is 1. The molecule has 3 aliphatic heterocycles. The van der Waals surface area contributed by atoms with Gasteiger partial charge >= 0.3 is 0 Å². The lowest BCUT2D eigenvalue weighted by molar-refractivity contribution is -0.138. The molecule has 12 nitrogen and oxygen atoms in total. The molecule has 38 heavy (non-hydrogen) atoms. The van der Waals surface area contributed by atoms with Crippen LogP contribution in [-0.4, -0.2) is 104 Å². The number of fused-ring (bicyclic) bond motifs is 5. The highest BCUT2D eigenvalue weighted by Crippen LogP contribution is 2.35. The van der Waals surface area contributed by atoms with Gasteiger partial charge < -0.3 is 38.6 Å². The molecule has 1 aromatic carbocycles. The Morgan fingerprint density at radius 1 is 1.16 bits per heavy atom. The van der Waals surface area contributed by atoms with E-state index in [1.54, 1.807) is 31.1 Å². The van der Waals surface area contributed by atoms with Gasteiger partial charge in [0.2, 0.25) is 5.75 Å². The summed E-state index contributed by atoms with van der Waals surface area (Å²) >= 11 is 0. The number of methoxy groups -OCH3 is 2. The van der Waals surface area contributed by atoms with Crippen LogP contribution in [0, 0.1) is 0 Å². The number of hydrogen-bond donors (Lipinski definition) is 1. The van der Waals surface area contributed by atoms with Gasteiger partial charge in [-0.05, 0) is 17.7 Å². The van der Waals surface area contributed by atoms with E-state index in [9.17, 15) is 4.79 Å². The van der Waals surface area contributed by atoms with E-state index in [0.717, 1.165) is 16.8 Å². The molecule has 12 heteroatoms. The monoisotopic (exact) mass is 525 g/mol. The van der Waals surface area contributed by atoms with Gasteiger partial charge in [-0.3, -0.25) is 4.79 Å². The third-order valence-electron chi connectivity index (χ3n) is 6.97. The van der Waals surface area contributed by atoms with E-state index in [1.807, 2.05) is 23.1 Å². The molecule has 5 heterocycles. The minimum atomic E-state index is -0.544. The van der Waals surface area contributed by atoms with Gasteiger partial charge in [0.15, 0.2) is 5.65 Å². The lowest BCUT2D eigenvalue weighted by atomic mass is 10.1. The van der Waals surface area contributed by atoms with E-state index >= 15 is 0 Å². The molecule has 2 saturated heterocycles. The van der Waals surface area contributed by atoms with Crippen LogP contribution in [0.1, 0.15) is 6.42 Å². The molecule has 4 bridgehead atoms. The molecule has 2 atom stereocenters. The molecular formula is C26H31N5O7. The van der Waals surface area contributed by atoms with Crippen molar-refractivity contribution in [3.63, 3.8) is 0 Å². The number of rotatable bonds is 7. The molecule has 3 aliphatic rings. The number of ether oxygens (including phenoxy) is 6. The fourth-order valence-electron chi connectivity index (χ4n) is 4.90. The molecule has 2 fully saturated rings. The Morgan fingerprint density at radius 2 is 2.05 bits per heavy atom. The zero-order valence-electron chi connectivity index (χ0n) is 21.4. The Morgan fingerprint density at radius 3 is 2.84 bits per heavy atom. The zero-order valence-corrected chi connectivity index (χ0v) is 21.4. The first kappa shape index (κ1) is 24.7. The second-order valence-corrected chi connectivity index (χ2v) is 9.48. The summed E-state index contributed by atoms with van der Waals surface area (Å²) in [4.78, 5) is 19.9. The molecule has 1 amide bonds. The van der Waals surface area contributed by atoms with Crippen LogP contribution in [0.4, 0.5) is 5.69 Å². The van der Waals surface area contributed by atoms with E-state index in [2.05, 4.69) is 10.4 Å². The van der Waals surface area contributed by atoms with E-state index in [4.69, 9.17) is 33.4 Å². The van der Waals surface area contributed by atoms with Crippen LogP contribution in [0.15, 0.2) is 30.6 Å². The summed E-state index contributed by atoms with van der Waals surface area (Å²) in [5.41, 5.74) is 3.21. The maximum Gasteiger partial charge on any atom is 0.260 e. The molecule has 2 aromatic heterocycles. The van der Waals surface area contributed by atoms with Crippen molar-refractivity contribution in [2.75, 3.05) is 65.7 Å². The van der Waals surface area contributed by atoms with Gasteiger partial charge in [0.1, 0.15) is 24.6 Å². The zero-order chi connectivity index (χ0) is 26.1. The summed E-state index contributed by atoms with van der Waals surface area (Å²) in [6, 6.07) is 5.69. The second-order valence-electron chi connectivity index (χ2n) is 9.48. The number of aromatic nitrogens is 3. The Balaban J connectivity index is 1.38. The summed E-state index contributed by atoms with van der Waals surface area (Å²) in [6.45, 7) is 3.07. The molecule has 0 spiro atoms. The first-order chi connectivity index (χ1) is 18.6. The molecule has 0 unspecified atom stereocenters. The molecule has 202 valence electrons. The highest BCUT2D eigenvalue weighted by molar-refractivity contribution is 5.84. The Labute approximate surface area is 219 Å². The number of carbonyl (C=O) groups is 1. The van der Waals surface area contributed by atoms with Gasteiger partial charge in [-0.15, -0.1) is 0 Å². The molecular weight excluding hydrogens is 494 g/mol. The maximum atomic E-state index is 13.3. The SMILES string of the molecule is COCCO[C@@H]1C[C@H]2COc3nc4c(cnn4cc3OC3COC3)-c3cc(cc(OC)c3)NCCN2C1=O. The number of amides is 1. The molecule has 6 rings (SSSR count). The van der Waals surface area contributed by atoms with Crippen LogP contribution in [0.25, 0.3) is 16.8 Å². The summed E-state index contributed by atoms with van der Waals surface area (Å²) in [5.74, 6) is 1.46. The van der Waals surface area contributed by atoms with Crippen LogP contribution in [0.3, 0.4) is 0 Å². The number of hydrogen-bond acceptors (Lipinski definition) is 10. The van der Waals surface area contributed by atoms with Gasteiger partial charge in [0.25, 0.3) is 11.8 Å². The third-order valence-corrected chi connectivity index (χ3v) is 6.97. The molecule has 1 N–H and O–H groups in total. The average Bonchev–Trinajstić information content (AvgIpc) is 3.44. The van der Waals surface area contributed by atoms with E-state index in [-0.39, 0.29) is 24.7 Å². The summed E-state index contributed by atoms with van der Waals surface area (Å²) in [7, 11) is 3.24. The van der Waals surface area contributed by atoms with Crippen LogP contribution in [0.2, 0.25) is 0 Å². The average molecular weight is 526 g/mol. The van der Waals surface area contributed by atoms with Crippen LogP contribution >= 0.6 is 0 Å². The number of carbonyl (C=O) groups excluding carboxylic acids is 1. The molecule has 0 aliphatic carbocycles. The minimum absolute atomic E-state index is 0.0560. The van der Waals surface area contributed by atoms with Gasteiger partial charge in [-0.2, -0.15) is 10.1 Å². The van der Waals surface area contributed by atoms with Crippen LogP contribution in [-0.2, 0) is 19.0 Å². The Hall–Kier alpha value is -3.61. The maximum absolute atomic E-state index is 13.3. The van der Waals surface area contributed by atoms with E-state index in [0.29, 0.717) is 69.0 Å². The normalized spacial score (nSPS) is 21.4.